The lowest BCUT2D eigenvalue weighted by Gasteiger charge is -2.05. The van der Waals surface area contributed by atoms with E-state index in [2.05, 4.69) is 4.98 Å². The molecule has 4 heteroatoms. The smallest absolute Gasteiger partial charge is 0.185 e. The summed E-state index contributed by atoms with van der Waals surface area (Å²) in [5, 5.41) is 1.06. The second-order valence-electron chi connectivity index (χ2n) is 3.58. The maximum atomic E-state index is 5.74. The van der Waals surface area contributed by atoms with Crippen molar-refractivity contribution in [1.29, 1.82) is 0 Å². The van der Waals surface area contributed by atoms with Crippen molar-refractivity contribution in [1.82, 2.24) is 4.98 Å². The Morgan fingerprint density at radius 3 is 2.54 bits per heavy atom. The maximum Gasteiger partial charge on any atom is 0.185 e. The molecular weight excluding hydrogens is 182 g/mol. The van der Waals surface area contributed by atoms with Gasteiger partial charge in [0.05, 0.1) is 5.69 Å². The van der Waals surface area contributed by atoms with Gasteiger partial charge in [0, 0.05) is 25.0 Å². The summed E-state index contributed by atoms with van der Waals surface area (Å²) in [4.78, 5) is 7.79. The Kier molecular flexibility index (Phi) is 3.27. The molecule has 13 heavy (non-hydrogen) atoms. The van der Waals surface area contributed by atoms with Crippen LogP contribution in [0.1, 0.15) is 17.5 Å². The summed E-state index contributed by atoms with van der Waals surface area (Å²) >= 11 is 1.73. The SMILES string of the molecule is Cc1nc(N(C)C)sc1CC(C)N. The van der Waals surface area contributed by atoms with Gasteiger partial charge in [0.2, 0.25) is 0 Å². The zero-order valence-corrected chi connectivity index (χ0v) is 9.48. The first kappa shape index (κ1) is 10.5. The van der Waals surface area contributed by atoms with Crippen LogP contribution in [-0.4, -0.2) is 25.1 Å². The molecule has 0 radical (unpaired) electrons. The lowest BCUT2D eigenvalue weighted by Crippen LogP contribution is -2.17. The monoisotopic (exact) mass is 199 g/mol. The van der Waals surface area contributed by atoms with Crippen LogP contribution in [0.15, 0.2) is 0 Å². The molecule has 0 spiro atoms. The summed E-state index contributed by atoms with van der Waals surface area (Å²) in [6.45, 7) is 4.07. The zero-order chi connectivity index (χ0) is 10.0. The van der Waals surface area contributed by atoms with Crippen molar-refractivity contribution in [2.75, 3.05) is 19.0 Å². The lowest BCUT2D eigenvalue weighted by molar-refractivity contribution is 0.742. The number of nitrogens with two attached hydrogens (primary N) is 1. The summed E-state index contributed by atoms with van der Waals surface area (Å²) in [5.41, 5.74) is 6.86. The fourth-order valence-corrected chi connectivity index (χ4v) is 2.21. The van der Waals surface area contributed by atoms with Crippen molar-refractivity contribution in [3.8, 4) is 0 Å². The minimum atomic E-state index is 0.217. The molecule has 0 amide bonds. The molecule has 1 unspecified atom stereocenters. The van der Waals surface area contributed by atoms with E-state index in [1.165, 1.54) is 4.88 Å². The van der Waals surface area contributed by atoms with Gasteiger partial charge in [0.1, 0.15) is 0 Å². The van der Waals surface area contributed by atoms with E-state index in [0.717, 1.165) is 17.2 Å². The van der Waals surface area contributed by atoms with Gasteiger partial charge in [0.15, 0.2) is 5.13 Å². The molecule has 1 rings (SSSR count). The lowest BCUT2D eigenvalue weighted by atomic mass is 10.2. The Morgan fingerprint density at radius 1 is 1.54 bits per heavy atom. The molecule has 0 fully saturated rings. The highest BCUT2D eigenvalue weighted by molar-refractivity contribution is 7.15. The van der Waals surface area contributed by atoms with E-state index in [-0.39, 0.29) is 6.04 Å². The van der Waals surface area contributed by atoms with Gasteiger partial charge in [-0.05, 0) is 20.3 Å². The predicted molar refractivity (Wildman–Crippen MR) is 58.5 cm³/mol. The molecule has 2 N–H and O–H groups in total. The van der Waals surface area contributed by atoms with Gasteiger partial charge in [-0.15, -0.1) is 11.3 Å². The van der Waals surface area contributed by atoms with E-state index in [4.69, 9.17) is 5.73 Å². The first-order chi connectivity index (χ1) is 6.00. The number of hydrogen-bond acceptors (Lipinski definition) is 4. The van der Waals surface area contributed by atoms with Gasteiger partial charge < -0.3 is 10.6 Å². The van der Waals surface area contributed by atoms with Gasteiger partial charge in [-0.3, -0.25) is 0 Å². The van der Waals surface area contributed by atoms with Gasteiger partial charge in [-0.1, -0.05) is 0 Å². The van der Waals surface area contributed by atoms with Crippen LogP contribution in [0.2, 0.25) is 0 Å². The molecular formula is C9H17N3S. The molecule has 3 nitrogen and oxygen atoms in total. The van der Waals surface area contributed by atoms with Crippen molar-refractivity contribution in [3.63, 3.8) is 0 Å². The first-order valence-corrected chi connectivity index (χ1v) is 5.21. The molecule has 0 saturated carbocycles. The summed E-state index contributed by atoms with van der Waals surface area (Å²) in [5.74, 6) is 0. The summed E-state index contributed by atoms with van der Waals surface area (Å²) in [6.07, 6.45) is 0.928. The highest BCUT2D eigenvalue weighted by Gasteiger charge is 2.09. The molecule has 0 bridgehead atoms. The molecule has 0 aromatic carbocycles. The van der Waals surface area contributed by atoms with Crippen LogP contribution in [0, 0.1) is 6.92 Å². The number of aryl methyl sites for hydroxylation is 1. The Morgan fingerprint density at radius 2 is 2.15 bits per heavy atom. The largest absolute Gasteiger partial charge is 0.354 e. The van der Waals surface area contributed by atoms with Crippen LogP contribution < -0.4 is 10.6 Å². The minimum Gasteiger partial charge on any atom is -0.354 e. The third-order valence-electron chi connectivity index (χ3n) is 1.77. The van der Waals surface area contributed by atoms with Crippen LogP contribution >= 0.6 is 11.3 Å². The van der Waals surface area contributed by atoms with Crippen molar-refractivity contribution >= 4 is 16.5 Å². The van der Waals surface area contributed by atoms with E-state index in [1.54, 1.807) is 11.3 Å². The summed E-state index contributed by atoms with van der Waals surface area (Å²) in [7, 11) is 4.02. The van der Waals surface area contributed by atoms with Crippen LogP contribution in [0.4, 0.5) is 5.13 Å². The Labute approximate surface area is 83.6 Å². The summed E-state index contributed by atoms with van der Waals surface area (Å²) < 4.78 is 0. The second kappa shape index (κ2) is 4.07. The van der Waals surface area contributed by atoms with E-state index >= 15 is 0 Å². The van der Waals surface area contributed by atoms with E-state index < -0.39 is 0 Å². The first-order valence-electron chi connectivity index (χ1n) is 4.40. The minimum absolute atomic E-state index is 0.217. The molecule has 1 atom stereocenters. The van der Waals surface area contributed by atoms with Crippen molar-refractivity contribution in [2.24, 2.45) is 5.73 Å². The molecule has 1 heterocycles. The van der Waals surface area contributed by atoms with E-state index in [1.807, 2.05) is 32.8 Å². The third-order valence-corrected chi connectivity index (χ3v) is 3.12. The maximum absolute atomic E-state index is 5.74. The number of anilines is 1. The molecule has 0 aliphatic rings. The highest BCUT2D eigenvalue weighted by Crippen LogP contribution is 2.25. The Bertz CT molecular complexity index is 278. The quantitative estimate of drug-likeness (QED) is 0.800. The number of hydrogen-bond donors (Lipinski definition) is 1. The fraction of sp³-hybridized carbons (Fsp3) is 0.667. The van der Waals surface area contributed by atoms with Gasteiger partial charge in [-0.2, -0.15) is 0 Å². The van der Waals surface area contributed by atoms with Crippen LogP contribution in [-0.2, 0) is 6.42 Å². The van der Waals surface area contributed by atoms with E-state index in [9.17, 15) is 0 Å². The van der Waals surface area contributed by atoms with Crippen molar-refractivity contribution in [3.05, 3.63) is 10.6 Å². The topological polar surface area (TPSA) is 42.2 Å². The average molecular weight is 199 g/mol. The molecule has 1 aromatic heterocycles. The second-order valence-corrected chi connectivity index (χ2v) is 4.64. The van der Waals surface area contributed by atoms with E-state index in [0.29, 0.717) is 0 Å². The Hall–Kier alpha value is -0.610. The van der Waals surface area contributed by atoms with Gasteiger partial charge in [0.25, 0.3) is 0 Å². The molecule has 0 aliphatic carbocycles. The molecule has 0 saturated heterocycles. The average Bonchev–Trinajstić information content (AvgIpc) is 2.31. The standard InChI is InChI=1S/C9H17N3S/c1-6(10)5-8-7(2)11-9(13-8)12(3)4/h6H,5,10H2,1-4H3. The van der Waals surface area contributed by atoms with Crippen LogP contribution in [0.3, 0.4) is 0 Å². The number of nitrogens with zero attached hydrogens (tertiary/aromatic N) is 2. The molecule has 74 valence electrons. The van der Waals surface area contributed by atoms with Crippen molar-refractivity contribution in [2.45, 2.75) is 26.3 Å². The number of thiazole rings is 1. The zero-order valence-electron chi connectivity index (χ0n) is 8.66. The highest BCUT2D eigenvalue weighted by atomic mass is 32.1. The van der Waals surface area contributed by atoms with Crippen molar-refractivity contribution < 1.29 is 0 Å². The normalized spacial score (nSPS) is 13.0. The fourth-order valence-electron chi connectivity index (χ4n) is 1.09. The number of aromatic nitrogens is 1. The Balaban J connectivity index is 2.83. The molecule has 0 aliphatic heterocycles. The van der Waals surface area contributed by atoms with Gasteiger partial charge >= 0.3 is 0 Å². The predicted octanol–water partition coefficient (Wildman–Crippen LogP) is 1.41. The van der Waals surface area contributed by atoms with Crippen LogP contribution in [0.25, 0.3) is 0 Å². The summed E-state index contributed by atoms with van der Waals surface area (Å²) in [6, 6.07) is 0.217. The van der Waals surface area contributed by atoms with Gasteiger partial charge in [-0.25, -0.2) is 4.98 Å². The van der Waals surface area contributed by atoms with Crippen LogP contribution in [0.5, 0.6) is 0 Å². The number of rotatable bonds is 3. The molecule has 1 aromatic rings. The third kappa shape index (κ3) is 2.67.